The molecule has 0 aliphatic heterocycles. The van der Waals surface area contributed by atoms with Crippen LogP contribution >= 0.6 is 63.7 Å². The zero-order chi connectivity index (χ0) is 19.9. The number of rotatable bonds is 5. The van der Waals surface area contributed by atoms with Crippen LogP contribution in [0.4, 0.5) is 0 Å². The van der Waals surface area contributed by atoms with Gasteiger partial charge in [-0.3, -0.25) is 14.3 Å². The molecule has 1 aromatic carbocycles. The zero-order valence-corrected chi connectivity index (χ0v) is 20.0. The van der Waals surface area contributed by atoms with Gasteiger partial charge in [0.15, 0.2) is 15.9 Å². The summed E-state index contributed by atoms with van der Waals surface area (Å²) in [6, 6.07) is 3.65. The second-order valence-electron chi connectivity index (χ2n) is 5.65. The summed E-state index contributed by atoms with van der Waals surface area (Å²) in [6.07, 6.45) is -0.933. The van der Waals surface area contributed by atoms with Crippen molar-refractivity contribution in [3.8, 4) is 5.75 Å². The summed E-state index contributed by atoms with van der Waals surface area (Å²) < 4.78 is 11.1. The molecular formula is C15H12Br4N4O4. The van der Waals surface area contributed by atoms with Crippen molar-refractivity contribution in [3.63, 3.8) is 0 Å². The van der Waals surface area contributed by atoms with Crippen molar-refractivity contribution in [2.45, 2.75) is 12.6 Å². The monoisotopic (exact) mass is 628 g/mol. The molecule has 1 atom stereocenters. The lowest BCUT2D eigenvalue weighted by molar-refractivity contribution is 0.0921. The average Bonchev–Trinajstić information content (AvgIpc) is 2.89. The van der Waals surface area contributed by atoms with E-state index >= 15 is 0 Å². The first kappa shape index (κ1) is 20.8. The molecule has 0 bridgehead atoms. The Hall–Kier alpha value is -0.950. The smallest absolute Gasteiger partial charge is 0.329 e. The lowest BCUT2D eigenvalue weighted by Crippen LogP contribution is -2.30. The number of halogens is 4. The number of H-pyrrole nitrogens is 1. The van der Waals surface area contributed by atoms with Crippen molar-refractivity contribution in [1.82, 2.24) is 19.1 Å². The zero-order valence-electron chi connectivity index (χ0n) is 13.7. The first-order chi connectivity index (χ1) is 12.7. The van der Waals surface area contributed by atoms with Gasteiger partial charge in [0, 0.05) is 11.5 Å². The van der Waals surface area contributed by atoms with Crippen molar-refractivity contribution in [1.29, 1.82) is 0 Å². The van der Waals surface area contributed by atoms with Crippen LogP contribution in [0.3, 0.4) is 0 Å². The molecule has 0 saturated heterocycles. The molecule has 2 N–H and O–H groups in total. The number of nitrogens with one attached hydrogen (secondary N) is 1. The van der Waals surface area contributed by atoms with E-state index in [2.05, 4.69) is 73.7 Å². The SMILES string of the molecule is Cn1c(=O)[nH]c(=O)c2c1nc(Br)n2CC(O)COc1c(Br)cc(Br)cc1Br. The van der Waals surface area contributed by atoms with Crippen LogP contribution in [0.1, 0.15) is 0 Å². The Kier molecular flexibility index (Phi) is 6.31. The Balaban J connectivity index is 1.84. The Morgan fingerprint density at radius 1 is 1.22 bits per heavy atom. The van der Waals surface area contributed by atoms with Crippen LogP contribution in [0.5, 0.6) is 5.75 Å². The third kappa shape index (κ3) is 4.24. The van der Waals surface area contributed by atoms with Gasteiger partial charge in [0.1, 0.15) is 18.5 Å². The summed E-state index contributed by atoms with van der Waals surface area (Å²) in [7, 11) is 1.51. The number of aryl methyl sites for hydroxylation is 1. The van der Waals surface area contributed by atoms with E-state index < -0.39 is 17.4 Å². The predicted molar refractivity (Wildman–Crippen MR) is 114 cm³/mol. The minimum Gasteiger partial charge on any atom is -0.488 e. The molecule has 0 amide bonds. The Labute approximate surface area is 186 Å². The molecular weight excluding hydrogens is 620 g/mol. The number of aromatic amines is 1. The second kappa shape index (κ2) is 8.19. The third-order valence-corrected chi connectivity index (χ3v) is 5.98. The number of imidazole rings is 1. The Morgan fingerprint density at radius 3 is 2.48 bits per heavy atom. The summed E-state index contributed by atoms with van der Waals surface area (Å²) in [4.78, 5) is 30.3. The number of aromatic nitrogens is 4. The number of nitrogens with zero attached hydrogens (tertiary/aromatic N) is 3. The van der Waals surface area contributed by atoms with E-state index in [-0.39, 0.29) is 24.3 Å². The maximum Gasteiger partial charge on any atom is 0.329 e. The summed E-state index contributed by atoms with van der Waals surface area (Å²) in [6.45, 7) is 0.0265. The highest BCUT2D eigenvalue weighted by Crippen LogP contribution is 2.36. The normalized spacial score (nSPS) is 12.5. The van der Waals surface area contributed by atoms with E-state index in [1.54, 1.807) is 0 Å². The Morgan fingerprint density at radius 2 is 1.85 bits per heavy atom. The van der Waals surface area contributed by atoms with Crippen molar-refractivity contribution in [3.05, 3.63) is 51.1 Å². The summed E-state index contributed by atoms with van der Waals surface area (Å²) >= 11 is 13.5. The van der Waals surface area contributed by atoms with Crippen LogP contribution in [-0.4, -0.2) is 36.9 Å². The maximum atomic E-state index is 12.2. The number of ether oxygens (including phenoxy) is 1. The first-order valence-corrected chi connectivity index (χ1v) is 10.7. The largest absolute Gasteiger partial charge is 0.488 e. The molecule has 3 aromatic rings. The van der Waals surface area contributed by atoms with E-state index in [4.69, 9.17) is 4.74 Å². The van der Waals surface area contributed by atoms with E-state index in [1.807, 2.05) is 12.1 Å². The maximum absolute atomic E-state index is 12.2. The molecule has 2 heterocycles. The number of hydrogen-bond acceptors (Lipinski definition) is 5. The van der Waals surface area contributed by atoms with Gasteiger partial charge in [-0.05, 0) is 59.9 Å². The fourth-order valence-corrected chi connectivity index (χ4v) is 5.46. The van der Waals surface area contributed by atoms with Crippen molar-refractivity contribution in [2.24, 2.45) is 7.05 Å². The third-order valence-electron chi connectivity index (χ3n) is 3.74. The minimum absolute atomic E-state index is 0.0192. The number of fused-ring (bicyclic) bond motifs is 1. The lowest BCUT2D eigenvalue weighted by Gasteiger charge is -2.16. The average molecular weight is 632 g/mol. The fraction of sp³-hybridized carbons (Fsp3) is 0.267. The quantitative estimate of drug-likeness (QED) is 0.422. The molecule has 0 aliphatic rings. The van der Waals surface area contributed by atoms with Crippen molar-refractivity contribution >= 4 is 74.9 Å². The van der Waals surface area contributed by atoms with Crippen LogP contribution in [0.25, 0.3) is 11.2 Å². The van der Waals surface area contributed by atoms with Gasteiger partial charge >= 0.3 is 5.69 Å². The van der Waals surface area contributed by atoms with E-state index in [0.29, 0.717) is 10.5 Å². The molecule has 0 fully saturated rings. The molecule has 0 radical (unpaired) electrons. The number of hydrogen-bond donors (Lipinski definition) is 2. The van der Waals surface area contributed by atoms with Crippen LogP contribution in [-0.2, 0) is 13.6 Å². The van der Waals surface area contributed by atoms with Gasteiger partial charge in [0.25, 0.3) is 5.56 Å². The van der Waals surface area contributed by atoms with E-state index in [0.717, 1.165) is 13.4 Å². The number of benzene rings is 1. The molecule has 1 unspecified atom stereocenters. The number of aliphatic hydroxyl groups excluding tert-OH is 1. The standard InChI is InChI=1S/C15H12Br4N4O4/c1-22-12-10(13(25)21-15(22)26)23(14(19)20-12)4-7(24)5-27-11-8(17)2-6(16)3-9(11)18/h2-3,7,24H,4-5H2,1H3,(H,21,25,26). The first-order valence-electron chi connectivity index (χ1n) is 7.49. The van der Waals surface area contributed by atoms with E-state index in [1.165, 1.54) is 16.2 Å². The molecule has 2 aromatic heterocycles. The van der Waals surface area contributed by atoms with Gasteiger partial charge in [-0.25, -0.2) is 9.78 Å². The van der Waals surface area contributed by atoms with Crippen molar-refractivity contribution < 1.29 is 9.84 Å². The Bertz CT molecular complexity index is 1110. The molecule has 0 saturated carbocycles. The van der Waals surface area contributed by atoms with Crippen molar-refractivity contribution in [2.75, 3.05) is 6.61 Å². The highest BCUT2D eigenvalue weighted by atomic mass is 79.9. The highest BCUT2D eigenvalue weighted by molar-refractivity contribution is 9.11. The minimum atomic E-state index is -0.933. The van der Waals surface area contributed by atoms with Crippen LogP contribution in [0, 0.1) is 0 Å². The second-order valence-corrected chi connectivity index (χ2v) is 8.98. The lowest BCUT2D eigenvalue weighted by atomic mass is 10.3. The van der Waals surface area contributed by atoms with Gasteiger partial charge in [-0.15, -0.1) is 0 Å². The van der Waals surface area contributed by atoms with Crippen LogP contribution in [0.2, 0.25) is 0 Å². The van der Waals surface area contributed by atoms with Gasteiger partial charge < -0.3 is 14.4 Å². The fourth-order valence-electron chi connectivity index (χ4n) is 2.48. The van der Waals surface area contributed by atoms with Crippen LogP contribution < -0.4 is 16.0 Å². The van der Waals surface area contributed by atoms with Crippen LogP contribution in [0.15, 0.2) is 39.9 Å². The molecule has 27 heavy (non-hydrogen) atoms. The molecule has 0 aliphatic carbocycles. The van der Waals surface area contributed by atoms with E-state index in [9.17, 15) is 14.7 Å². The molecule has 3 rings (SSSR count). The molecule has 144 valence electrons. The summed E-state index contributed by atoms with van der Waals surface area (Å²) in [5.74, 6) is 0.548. The molecule has 12 heteroatoms. The topological polar surface area (TPSA) is 102 Å². The number of aliphatic hydroxyl groups is 1. The molecule has 8 nitrogen and oxygen atoms in total. The van der Waals surface area contributed by atoms with Gasteiger partial charge in [-0.2, -0.15) is 0 Å². The van der Waals surface area contributed by atoms with Gasteiger partial charge in [-0.1, -0.05) is 15.9 Å². The predicted octanol–water partition coefficient (Wildman–Crippen LogP) is 2.91. The summed E-state index contributed by atoms with van der Waals surface area (Å²) in [5, 5.41) is 10.4. The highest BCUT2D eigenvalue weighted by Gasteiger charge is 2.19. The van der Waals surface area contributed by atoms with Gasteiger partial charge in [0.2, 0.25) is 0 Å². The van der Waals surface area contributed by atoms with Gasteiger partial charge in [0.05, 0.1) is 15.5 Å². The molecule has 0 spiro atoms. The summed E-state index contributed by atoms with van der Waals surface area (Å²) in [5.41, 5.74) is -0.715.